The topological polar surface area (TPSA) is 98.3 Å². The molecule has 0 saturated carbocycles. The number of hydrogen-bond acceptors (Lipinski definition) is 6. The van der Waals surface area contributed by atoms with Crippen LogP contribution in [0.4, 0.5) is 5.69 Å². The Morgan fingerprint density at radius 3 is 2.41 bits per heavy atom. The van der Waals surface area contributed by atoms with E-state index in [2.05, 4.69) is 15.8 Å². The van der Waals surface area contributed by atoms with Gasteiger partial charge in [-0.1, -0.05) is 35.3 Å². The number of ether oxygens (including phenoxy) is 3. The number of para-hydroxylation sites is 2. The first kappa shape index (κ1) is 24.9. The number of nitrogens with one attached hydrogen (secondary N) is 2. The van der Waals surface area contributed by atoms with Crippen LogP contribution in [-0.4, -0.2) is 38.9 Å². The van der Waals surface area contributed by atoms with E-state index in [1.165, 1.54) is 38.6 Å². The van der Waals surface area contributed by atoms with Crippen LogP contribution < -0.4 is 25.0 Å². The Balaban J connectivity index is 1.58. The fraction of sp³-hybridized carbons (Fsp3) is 0.125. The number of amides is 2. The average molecular weight is 502 g/mol. The number of carbonyl (C=O) groups is 2. The number of rotatable bonds is 9. The first-order chi connectivity index (χ1) is 16.4. The first-order valence-corrected chi connectivity index (χ1v) is 10.7. The molecule has 3 aromatic rings. The molecule has 0 aromatic heterocycles. The minimum Gasteiger partial charge on any atom is -0.495 e. The Morgan fingerprint density at radius 1 is 0.912 bits per heavy atom. The molecule has 0 atom stereocenters. The van der Waals surface area contributed by atoms with Gasteiger partial charge in [-0.25, -0.2) is 5.43 Å². The lowest BCUT2D eigenvalue weighted by Crippen LogP contribution is -2.20. The number of benzene rings is 3. The van der Waals surface area contributed by atoms with Crippen molar-refractivity contribution in [3.8, 4) is 17.2 Å². The van der Waals surface area contributed by atoms with Gasteiger partial charge >= 0.3 is 0 Å². The quantitative estimate of drug-likeness (QED) is 0.324. The average Bonchev–Trinajstić information content (AvgIpc) is 2.85. The molecule has 8 nitrogen and oxygen atoms in total. The Labute approximate surface area is 206 Å². The standard InChI is InChI=1S/C24H21Cl2N3O5/c1-32-20-6-4-3-5-19(20)28-23(30)14-34-21-10-7-15(11-22(21)33-2)13-27-29-24(31)16-8-9-17(25)18(26)12-16/h3-13H,14H2,1-2H3,(H,28,30)(H,29,31)/b27-13-. The van der Waals surface area contributed by atoms with Gasteiger partial charge in [0.05, 0.1) is 36.2 Å². The van der Waals surface area contributed by atoms with E-state index in [9.17, 15) is 9.59 Å². The summed E-state index contributed by atoms with van der Waals surface area (Å²) in [5.41, 5.74) is 3.91. The molecule has 0 aliphatic rings. The molecule has 34 heavy (non-hydrogen) atoms. The Hall–Kier alpha value is -3.75. The smallest absolute Gasteiger partial charge is 0.271 e. The predicted octanol–water partition coefficient (Wildman–Crippen LogP) is 4.79. The molecule has 0 heterocycles. The van der Waals surface area contributed by atoms with Crippen molar-refractivity contribution in [2.24, 2.45) is 5.10 Å². The largest absolute Gasteiger partial charge is 0.495 e. The van der Waals surface area contributed by atoms with Crippen LogP contribution >= 0.6 is 23.2 Å². The van der Waals surface area contributed by atoms with Crippen LogP contribution in [0.2, 0.25) is 10.0 Å². The summed E-state index contributed by atoms with van der Waals surface area (Å²) in [4.78, 5) is 24.5. The summed E-state index contributed by atoms with van der Waals surface area (Å²) in [6.07, 6.45) is 1.44. The molecule has 0 aliphatic carbocycles. The van der Waals surface area contributed by atoms with Gasteiger partial charge < -0.3 is 19.5 Å². The van der Waals surface area contributed by atoms with Crippen molar-refractivity contribution in [2.75, 3.05) is 26.1 Å². The van der Waals surface area contributed by atoms with Crippen LogP contribution in [0.15, 0.2) is 65.8 Å². The van der Waals surface area contributed by atoms with E-state index in [-0.39, 0.29) is 17.5 Å². The Kier molecular flexibility index (Phi) is 8.73. The van der Waals surface area contributed by atoms with Gasteiger partial charge in [0.15, 0.2) is 18.1 Å². The summed E-state index contributed by atoms with van der Waals surface area (Å²) in [5.74, 6) is 0.507. The molecule has 0 saturated heterocycles. The van der Waals surface area contributed by atoms with Gasteiger partial charge in [-0.3, -0.25) is 9.59 Å². The molecular weight excluding hydrogens is 481 g/mol. The number of hydrogen-bond donors (Lipinski definition) is 2. The van der Waals surface area contributed by atoms with E-state index < -0.39 is 5.91 Å². The fourth-order valence-electron chi connectivity index (χ4n) is 2.83. The maximum absolute atomic E-state index is 12.3. The zero-order valence-electron chi connectivity index (χ0n) is 18.3. The van der Waals surface area contributed by atoms with Crippen molar-refractivity contribution >= 4 is 46.9 Å². The molecule has 0 radical (unpaired) electrons. The van der Waals surface area contributed by atoms with Crippen molar-refractivity contribution in [1.82, 2.24) is 5.43 Å². The molecule has 0 fully saturated rings. The number of halogens is 2. The van der Waals surface area contributed by atoms with Gasteiger partial charge in [-0.15, -0.1) is 0 Å². The number of anilines is 1. The molecule has 0 aliphatic heterocycles. The first-order valence-electron chi connectivity index (χ1n) is 9.93. The highest BCUT2D eigenvalue weighted by molar-refractivity contribution is 6.42. The molecule has 2 amide bonds. The van der Waals surface area contributed by atoms with E-state index in [1.54, 1.807) is 42.5 Å². The third kappa shape index (κ3) is 6.63. The van der Waals surface area contributed by atoms with Crippen LogP contribution in [0.1, 0.15) is 15.9 Å². The van der Waals surface area contributed by atoms with E-state index >= 15 is 0 Å². The third-order valence-corrected chi connectivity index (χ3v) is 5.23. The minimum absolute atomic E-state index is 0.235. The van der Waals surface area contributed by atoms with Crippen LogP contribution in [0.3, 0.4) is 0 Å². The lowest BCUT2D eigenvalue weighted by Gasteiger charge is -2.12. The molecule has 3 rings (SSSR count). The zero-order valence-corrected chi connectivity index (χ0v) is 19.8. The van der Waals surface area contributed by atoms with E-state index in [1.807, 2.05) is 0 Å². The number of nitrogens with zero attached hydrogens (tertiary/aromatic N) is 1. The van der Waals surface area contributed by atoms with Gasteiger partial charge in [-0.2, -0.15) is 5.10 Å². The second-order valence-electron chi connectivity index (χ2n) is 6.78. The number of methoxy groups -OCH3 is 2. The molecular formula is C24H21Cl2N3O5. The van der Waals surface area contributed by atoms with Crippen LogP contribution in [-0.2, 0) is 4.79 Å². The van der Waals surface area contributed by atoms with E-state index in [0.29, 0.717) is 39.1 Å². The molecule has 0 spiro atoms. The maximum atomic E-state index is 12.3. The summed E-state index contributed by atoms with van der Waals surface area (Å²) in [6.45, 7) is -0.235. The molecule has 10 heteroatoms. The summed E-state index contributed by atoms with van der Waals surface area (Å²) in [7, 11) is 3.00. The second-order valence-corrected chi connectivity index (χ2v) is 7.59. The van der Waals surface area contributed by atoms with Crippen molar-refractivity contribution in [2.45, 2.75) is 0 Å². The highest BCUT2D eigenvalue weighted by Gasteiger charge is 2.11. The highest BCUT2D eigenvalue weighted by Crippen LogP contribution is 2.28. The summed E-state index contributed by atoms with van der Waals surface area (Å²) in [6, 6.07) is 16.6. The van der Waals surface area contributed by atoms with Crippen molar-refractivity contribution in [3.05, 3.63) is 81.8 Å². The zero-order chi connectivity index (χ0) is 24.5. The molecule has 176 valence electrons. The maximum Gasteiger partial charge on any atom is 0.271 e. The Bertz CT molecular complexity index is 1220. The van der Waals surface area contributed by atoms with Crippen molar-refractivity contribution in [1.29, 1.82) is 0 Å². The summed E-state index contributed by atoms with van der Waals surface area (Å²) < 4.78 is 16.2. The van der Waals surface area contributed by atoms with Crippen LogP contribution in [0.5, 0.6) is 17.2 Å². The van der Waals surface area contributed by atoms with Gasteiger partial charge in [-0.05, 0) is 54.1 Å². The number of carbonyl (C=O) groups excluding carboxylic acids is 2. The van der Waals surface area contributed by atoms with Gasteiger partial charge in [0, 0.05) is 5.56 Å². The molecule has 0 bridgehead atoms. The predicted molar refractivity (Wildman–Crippen MR) is 132 cm³/mol. The monoisotopic (exact) mass is 501 g/mol. The molecule has 2 N–H and O–H groups in total. The summed E-state index contributed by atoms with van der Waals surface area (Å²) in [5, 5.41) is 7.30. The second kappa shape index (κ2) is 11.9. The van der Waals surface area contributed by atoms with Crippen LogP contribution in [0.25, 0.3) is 0 Å². The van der Waals surface area contributed by atoms with Gasteiger partial charge in [0.2, 0.25) is 0 Å². The van der Waals surface area contributed by atoms with Gasteiger partial charge in [0.25, 0.3) is 11.8 Å². The van der Waals surface area contributed by atoms with E-state index in [4.69, 9.17) is 37.4 Å². The third-order valence-electron chi connectivity index (χ3n) is 4.49. The fourth-order valence-corrected chi connectivity index (χ4v) is 3.13. The Morgan fingerprint density at radius 2 is 1.68 bits per heavy atom. The lowest BCUT2D eigenvalue weighted by atomic mass is 10.2. The SMILES string of the molecule is COc1ccccc1NC(=O)COc1ccc(/C=N\NC(=O)c2ccc(Cl)c(Cl)c2)cc1OC. The molecule has 3 aromatic carbocycles. The van der Waals surface area contributed by atoms with Crippen LogP contribution in [0, 0.1) is 0 Å². The van der Waals surface area contributed by atoms with Crippen molar-refractivity contribution in [3.63, 3.8) is 0 Å². The highest BCUT2D eigenvalue weighted by atomic mass is 35.5. The normalized spacial score (nSPS) is 10.6. The van der Waals surface area contributed by atoms with E-state index in [0.717, 1.165) is 0 Å². The summed E-state index contributed by atoms with van der Waals surface area (Å²) >= 11 is 11.8. The molecule has 0 unspecified atom stereocenters. The number of hydrazone groups is 1. The van der Waals surface area contributed by atoms with Gasteiger partial charge in [0.1, 0.15) is 5.75 Å². The minimum atomic E-state index is -0.442. The lowest BCUT2D eigenvalue weighted by molar-refractivity contribution is -0.118. The van der Waals surface area contributed by atoms with Crippen molar-refractivity contribution < 1.29 is 23.8 Å².